The highest BCUT2D eigenvalue weighted by atomic mass is 79.9. The zero-order valence-electron chi connectivity index (χ0n) is 7.90. The Balaban J connectivity index is 2.64. The third-order valence-electron chi connectivity index (χ3n) is 1.57. The predicted octanol–water partition coefficient (Wildman–Crippen LogP) is 1.20. The Hall–Kier alpha value is -0.940. The van der Waals surface area contributed by atoms with Crippen LogP contribution in [0.25, 0.3) is 0 Å². The lowest BCUT2D eigenvalue weighted by Crippen LogP contribution is -2.16. The molecule has 0 aliphatic heterocycles. The van der Waals surface area contributed by atoms with Gasteiger partial charge in [-0.1, -0.05) is 0 Å². The first kappa shape index (κ1) is 11.1. The van der Waals surface area contributed by atoms with Crippen LogP contribution >= 0.6 is 15.9 Å². The summed E-state index contributed by atoms with van der Waals surface area (Å²) in [6, 6.07) is 3.69. The summed E-state index contributed by atoms with van der Waals surface area (Å²) in [5.74, 6) is 0.439. The Morgan fingerprint density at radius 1 is 1.64 bits per heavy atom. The number of ether oxygens (including phenoxy) is 1. The van der Waals surface area contributed by atoms with Crippen LogP contribution in [0.2, 0.25) is 0 Å². The molecule has 14 heavy (non-hydrogen) atoms. The van der Waals surface area contributed by atoms with Crippen molar-refractivity contribution in [2.45, 2.75) is 0 Å². The van der Waals surface area contributed by atoms with Gasteiger partial charge >= 0.3 is 0 Å². The zero-order valence-corrected chi connectivity index (χ0v) is 9.49. The van der Waals surface area contributed by atoms with Crippen LogP contribution in [0.15, 0.2) is 27.8 Å². The summed E-state index contributed by atoms with van der Waals surface area (Å²) >= 11 is 3.30. The second kappa shape index (κ2) is 5.72. The maximum absolute atomic E-state index is 5.70. The van der Waals surface area contributed by atoms with Gasteiger partial charge in [-0.2, -0.15) is 0 Å². The van der Waals surface area contributed by atoms with Gasteiger partial charge in [-0.3, -0.25) is 9.98 Å². The molecule has 0 aliphatic carbocycles. The average Bonchev–Trinajstić information content (AvgIpc) is 2.19. The molecule has 1 rings (SSSR count). The van der Waals surface area contributed by atoms with Gasteiger partial charge in [-0.15, -0.1) is 0 Å². The van der Waals surface area contributed by atoms with Crippen LogP contribution in [0.5, 0.6) is 0 Å². The van der Waals surface area contributed by atoms with Crippen molar-refractivity contribution in [2.75, 3.05) is 20.3 Å². The van der Waals surface area contributed by atoms with E-state index in [0.717, 1.165) is 4.47 Å². The third kappa shape index (κ3) is 3.43. The maximum Gasteiger partial charge on any atom is 0.144 e. The van der Waals surface area contributed by atoms with E-state index in [2.05, 4.69) is 25.9 Å². The van der Waals surface area contributed by atoms with E-state index in [0.29, 0.717) is 24.7 Å². The summed E-state index contributed by atoms with van der Waals surface area (Å²) in [5.41, 5.74) is 6.39. The van der Waals surface area contributed by atoms with Gasteiger partial charge < -0.3 is 10.5 Å². The molecule has 0 unspecified atom stereocenters. The number of nitrogens with two attached hydrogens (primary N) is 1. The Bertz CT molecular complexity index is 310. The molecule has 0 aromatic carbocycles. The lowest BCUT2D eigenvalue weighted by atomic mass is 10.3. The number of halogens is 1. The van der Waals surface area contributed by atoms with Crippen molar-refractivity contribution in [1.29, 1.82) is 0 Å². The van der Waals surface area contributed by atoms with E-state index in [9.17, 15) is 0 Å². The lowest BCUT2D eigenvalue weighted by molar-refractivity contribution is 0.208. The fraction of sp³-hybridized carbons (Fsp3) is 0.333. The SMILES string of the molecule is COCCN=C(N)c1ccc(Br)cn1. The highest BCUT2D eigenvalue weighted by molar-refractivity contribution is 9.10. The zero-order chi connectivity index (χ0) is 10.4. The fourth-order valence-electron chi connectivity index (χ4n) is 0.866. The Kier molecular flexibility index (Phi) is 4.55. The number of nitrogens with zero attached hydrogens (tertiary/aromatic N) is 2. The van der Waals surface area contributed by atoms with Crippen LogP contribution in [0.1, 0.15) is 5.69 Å². The lowest BCUT2D eigenvalue weighted by Gasteiger charge is -1.99. The monoisotopic (exact) mass is 257 g/mol. The van der Waals surface area contributed by atoms with Crippen LogP contribution in [0.4, 0.5) is 0 Å². The molecule has 0 bridgehead atoms. The molecule has 0 saturated heterocycles. The minimum absolute atomic E-state index is 0.439. The number of hydrogen-bond donors (Lipinski definition) is 1. The van der Waals surface area contributed by atoms with Crippen molar-refractivity contribution < 1.29 is 4.74 Å². The second-order valence-electron chi connectivity index (χ2n) is 2.62. The third-order valence-corrected chi connectivity index (χ3v) is 2.04. The van der Waals surface area contributed by atoms with Crippen LogP contribution < -0.4 is 5.73 Å². The molecule has 0 spiro atoms. The van der Waals surface area contributed by atoms with Crippen molar-refractivity contribution in [1.82, 2.24) is 4.98 Å². The topological polar surface area (TPSA) is 60.5 Å². The molecule has 5 heteroatoms. The number of hydrogen-bond acceptors (Lipinski definition) is 3. The largest absolute Gasteiger partial charge is 0.383 e. The fourth-order valence-corrected chi connectivity index (χ4v) is 1.10. The number of aromatic nitrogens is 1. The van der Waals surface area contributed by atoms with Crippen molar-refractivity contribution in [2.24, 2.45) is 10.7 Å². The molecule has 1 aromatic heterocycles. The maximum atomic E-state index is 5.70. The van der Waals surface area contributed by atoms with Gasteiger partial charge in [0.1, 0.15) is 11.5 Å². The number of rotatable bonds is 4. The van der Waals surface area contributed by atoms with Gasteiger partial charge in [-0.25, -0.2) is 0 Å². The Morgan fingerprint density at radius 2 is 2.43 bits per heavy atom. The molecule has 2 N–H and O–H groups in total. The van der Waals surface area contributed by atoms with Crippen molar-refractivity contribution in [3.05, 3.63) is 28.5 Å². The Morgan fingerprint density at radius 3 is 3.00 bits per heavy atom. The minimum Gasteiger partial charge on any atom is -0.383 e. The highest BCUT2D eigenvalue weighted by Crippen LogP contribution is 2.06. The van der Waals surface area contributed by atoms with E-state index in [1.807, 2.05) is 12.1 Å². The first-order valence-electron chi connectivity index (χ1n) is 4.15. The predicted molar refractivity (Wildman–Crippen MR) is 59.4 cm³/mol. The molecule has 0 radical (unpaired) electrons. The molecule has 4 nitrogen and oxygen atoms in total. The van der Waals surface area contributed by atoms with Crippen LogP contribution in [0.3, 0.4) is 0 Å². The molecule has 1 heterocycles. The molecular formula is C9H12BrN3O. The standard InChI is InChI=1S/C9H12BrN3O/c1-14-5-4-12-9(11)8-3-2-7(10)6-13-8/h2-3,6H,4-5H2,1H3,(H2,11,12). The molecule has 0 saturated carbocycles. The summed E-state index contributed by atoms with van der Waals surface area (Å²) in [6.07, 6.45) is 1.69. The second-order valence-corrected chi connectivity index (χ2v) is 3.54. The number of methoxy groups -OCH3 is 1. The van der Waals surface area contributed by atoms with Crippen molar-refractivity contribution >= 4 is 21.8 Å². The van der Waals surface area contributed by atoms with Crippen LogP contribution in [-0.4, -0.2) is 31.1 Å². The quantitative estimate of drug-likeness (QED) is 0.501. The summed E-state index contributed by atoms with van der Waals surface area (Å²) in [5, 5.41) is 0. The van der Waals surface area contributed by atoms with Gasteiger partial charge in [0.15, 0.2) is 0 Å². The highest BCUT2D eigenvalue weighted by Gasteiger charge is 1.98. The van der Waals surface area contributed by atoms with Crippen LogP contribution in [-0.2, 0) is 4.74 Å². The van der Waals surface area contributed by atoms with E-state index in [4.69, 9.17) is 10.5 Å². The summed E-state index contributed by atoms with van der Waals surface area (Å²) in [6.45, 7) is 1.12. The van der Waals surface area contributed by atoms with E-state index >= 15 is 0 Å². The minimum atomic E-state index is 0.439. The average molecular weight is 258 g/mol. The van der Waals surface area contributed by atoms with Crippen molar-refractivity contribution in [3.8, 4) is 0 Å². The summed E-state index contributed by atoms with van der Waals surface area (Å²) in [4.78, 5) is 8.22. The Labute approximate surface area is 91.3 Å². The molecule has 0 aliphatic rings. The molecular weight excluding hydrogens is 246 g/mol. The van der Waals surface area contributed by atoms with Crippen molar-refractivity contribution in [3.63, 3.8) is 0 Å². The molecule has 76 valence electrons. The molecule has 0 fully saturated rings. The number of pyridine rings is 1. The van der Waals surface area contributed by atoms with E-state index in [-0.39, 0.29) is 0 Å². The molecule has 0 amide bonds. The molecule has 1 aromatic rings. The van der Waals surface area contributed by atoms with Gasteiger partial charge in [0.25, 0.3) is 0 Å². The smallest absolute Gasteiger partial charge is 0.144 e. The van der Waals surface area contributed by atoms with Crippen LogP contribution in [0, 0.1) is 0 Å². The van der Waals surface area contributed by atoms with E-state index < -0.39 is 0 Å². The van der Waals surface area contributed by atoms with Gasteiger partial charge in [0.2, 0.25) is 0 Å². The first-order chi connectivity index (χ1) is 6.74. The van der Waals surface area contributed by atoms with Gasteiger partial charge in [0.05, 0.1) is 13.2 Å². The summed E-state index contributed by atoms with van der Waals surface area (Å²) < 4.78 is 5.78. The number of aliphatic imine (C=N–C) groups is 1. The van der Waals surface area contributed by atoms with E-state index in [1.165, 1.54) is 0 Å². The van der Waals surface area contributed by atoms with Gasteiger partial charge in [-0.05, 0) is 28.1 Å². The molecule has 0 atom stereocenters. The normalized spacial score (nSPS) is 11.7. The summed E-state index contributed by atoms with van der Waals surface area (Å²) in [7, 11) is 1.63. The number of amidine groups is 1. The first-order valence-corrected chi connectivity index (χ1v) is 4.94. The van der Waals surface area contributed by atoms with Gasteiger partial charge in [0, 0.05) is 17.8 Å². The van der Waals surface area contributed by atoms with E-state index in [1.54, 1.807) is 13.3 Å².